The predicted octanol–water partition coefficient (Wildman–Crippen LogP) is 1.90. The van der Waals surface area contributed by atoms with Gasteiger partial charge >= 0.3 is 0 Å². The number of likely N-dealkylation sites (tertiary alicyclic amines) is 1. The number of amides is 1. The zero-order valence-electron chi connectivity index (χ0n) is 12.3. The van der Waals surface area contributed by atoms with E-state index in [-0.39, 0.29) is 11.9 Å². The van der Waals surface area contributed by atoms with Crippen LogP contribution in [0.2, 0.25) is 0 Å². The highest BCUT2D eigenvalue weighted by Crippen LogP contribution is 2.36. The number of nitrogens with zero attached hydrogens (tertiary/aromatic N) is 2. The van der Waals surface area contributed by atoms with Crippen molar-refractivity contribution in [3.8, 4) is 0 Å². The number of carbonyl (C=O) groups is 1. The van der Waals surface area contributed by atoms with E-state index < -0.39 is 0 Å². The fraction of sp³-hybridized carbons (Fsp3) is 0.625. The Labute approximate surface area is 120 Å². The molecule has 3 rings (SSSR count). The molecule has 1 saturated heterocycles. The van der Waals surface area contributed by atoms with Crippen molar-refractivity contribution in [2.45, 2.75) is 39.2 Å². The minimum atomic E-state index is 0.122. The molecule has 2 aliphatic rings. The van der Waals surface area contributed by atoms with Crippen LogP contribution in [0.25, 0.3) is 0 Å². The van der Waals surface area contributed by atoms with Crippen molar-refractivity contribution in [2.24, 2.45) is 17.6 Å². The van der Waals surface area contributed by atoms with Gasteiger partial charge in [-0.3, -0.25) is 9.78 Å². The Morgan fingerprint density at radius 2 is 2.10 bits per heavy atom. The van der Waals surface area contributed by atoms with Gasteiger partial charge in [-0.05, 0) is 50.7 Å². The lowest BCUT2D eigenvalue weighted by Crippen LogP contribution is -2.38. The average Bonchev–Trinajstić information content (AvgIpc) is 2.83. The maximum atomic E-state index is 12.7. The predicted molar refractivity (Wildman–Crippen MR) is 78.4 cm³/mol. The molecule has 20 heavy (non-hydrogen) atoms. The van der Waals surface area contributed by atoms with E-state index in [4.69, 9.17) is 5.73 Å². The van der Waals surface area contributed by atoms with Gasteiger partial charge in [-0.1, -0.05) is 6.42 Å². The standard InChI is InChI=1S/C16H23N3O/c1-10-6-7-13(11(2)18-10)16(20)19-8-12-4-3-5-15(17)14(12)9-19/h6-7,12,14-15H,3-5,8-9,17H2,1-2H3. The number of aromatic nitrogens is 1. The summed E-state index contributed by atoms with van der Waals surface area (Å²) in [4.78, 5) is 19.1. The van der Waals surface area contributed by atoms with Crippen molar-refractivity contribution in [3.05, 3.63) is 29.1 Å². The number of hydrogen-bond donors (Lipinski definition) is 1. The first-order chi connectivity index (χ1) is 9.56. The zero-order valence-corrected chi connectivity index (χ0v) is 12.3. The largest absolute Gasteiger partial charge is 0.338 e. The Morgan fingerprint density at radius 3 is 2.80 bits per heavy atom. The topological polar surface area (TPSA) is 59.2 Å². The molecule has 1 aliphatic heterocycles. The number of hydrogen-bond acceptors (Lipinski definition) is 3. The van der Waals surface area contributed by atoms with E-state index in [9.17, 15) is 4.79 Å². The molecule has 3 unspecified atom stereocenters. The molecule has 1 aliphatic carbocycles. The van der Waals surface area contributed by atoms with Crippen LogP contribution in [0.15, 0.2) is 12.1 Å². The first-order valence-electron chi connectivity index (χ1n) is 7.55. The van der Waals surface area contributed by atoms with Crippen LogP contribution in [-0.2, 0) is 0 Å². The minimum Gasteiger partial charge on any atom is -0.338 e. The molecule has 4 nitrogen and oxygen atoms in total. The van der Waals surface area contributed by atoms with E-state index in [0.29, 0.717) is 11.8 Å². The van der Waals surface area contributed by atoms with Gasteiger partial charge in [0.1, 0.15) is 0 Å². The summed E-state index contributed by atoms with van der Waals surface area (Å²) in [6.45, 7) is 5.54. The molecule has 0 bridgehead atoms. The third-order valence-electron chi connectivity index (χ3n) is 4.90. The van der Waals surface area contributed by atoms with Crippen molar-refractivity contribution >= 4 is 5.91 Å². The summed E-state index contributed by atoms with van der Waals surface area (Å²) in [6, 6.07) is 4.08. The van der Waals surface area contributed by atoms with Gasteiger partial charge in [0.15, 0.2) is 0 Å². The summed E-state index contributed by atoms with van der Waals surface area (Å²) < 4.78 is 0. The molecule has 0 radical (unpaired) electrons. The third-order valence-corrected chi connectivity index (χ3v) is 4.90. The van der Waals surface area contributed by atoms with E-state index in [1.165, 1.54) is 12.8 Å². The summed E-state index contributed by atoms with van der Waals surface area (Å²) in [5.41, 5.74) is 8.74. The zero-order chi connectivity index (χ0) is 14.3. The van der Waals surface area contributed by atoms with Crippen molar-refractivity contribution in [3.63, 3.8) is 0 Å². The van der Waals surface area contributed by atoms with E-state index in [1.54, 1.807) is 0 Å². The maximum Gasteiger partial charge on any atom is 0.255 e. The van der Waals surface area contributed by atoms with Crippen molar-refractivity contribution in [2.75, 3.05) is 13.1 Å². The fourth-order valence-electron chi connectivity index (χ4n) is 3.77. The number of nitrogens with two attached hydrogens (primary N) is 1. The van der Waals surface area contributed by atoms with Gasteiger partial charge in [-0.25, -0.2) is 0 Å². The van der Waals surface area contributed by atoms with E-state index >= 15 is 0 Å². The number of fused-ring (bicyclic) bond motifs is 1. The molecule has 1 aromatic heterocycles. The molecule has 1 aromatic rings. The van der Waals surface area contributed by atoms with Crippen LogP contribution >= 0.6 is 0 Å². The van der Waals surface area contributed by atoms with Crippen molar-refractivity contribution in [1.29, 1.82) is 0 Å². The lowest BCUT2D eigenvalue weighted by Gasteiger charge is -2.29. The number of aryl methyl sites for hydroxylation is 2. The smallest absolute Gasteiger partial charge is 0.255 e. The summed E-state index contributed by atoms with van der Waals surface area (Å²) >= 11 is 0. The van der Waals surface area contributed by atoms with Crippen molar-refractivity contribution in [1.82, 2.24) is 9.88 Å². The second-order valence-electron chi connectivity index (χ2n) is 6.31. The average molecular weight is 273 g/mol. The van der Waals surface area contributed by atoms with Crippen LogP contribution in [0, 0.1) is 25.7 Å². The van der Waals surface area contributed by atoms with Gasteiger partial charge in [0.25, 0.3) is 5.91 Å². The Bertz CT molecular complexity index is 528. The van der Waals surface area contributed by atoms with Crippen LogP contribution in [0.1, 0.15) is 41.0 Å². The number of carbonyl (C=O) groups excluding carboxylic acids is 1. The maximum absolute atomic E-state index is 12.7. The Morgan fingerprint density at radius 1 is 1.30 bits per heavy atom. The molecule has 1 saturated carbocycles. The Balaban J connectivity index is 1.78. The highest BCUT2D eigenvalue weighted by molar-refractivity contribution is 5.95. The first-order valence-corrected chi connectivity index (χ1v) is 7.55. The van der Waals surface area contributed by atoms with E-state index in [0.717, 1.165) is 36.5 Å². The van der Waals surface area contributed by atoms with Crippen LogP contribution in [0.4, 0.5) is 0 Å². The molecule has 1 amide bonds. The summed E-state index contributed by atoms with van der Waals surface area (Å²) in [6.07, 6.45) is 3.52. The highest BCUT2D eigenvalue weighted by Gasteiger charge is 2.40. The van der Waals surface area contributed by atoms with Crippen LogP contribution in [-0.4, -0.2) is 34.9 Å². The molecular weight excluding hydrogens is 250 g/mol. The lowest BCUT2D eigenvalue weighted by molar-refractivity contribution is 0.0782. The second kappa shape index (κ2) is 5.17. The SMILES string of the molecule is Cc1ccc(C(=O)N2CC3CCCC(N)C3C2)c(C)n1. The minimum absolute atomic E-state index is 0.122. The Hall–Kier alpha value is -1.42. The molecule has 2 fully saturated rings. The quantitative estimate of drug-likeness (QED) is 0.850. The van der Waals surface area contributed by atoms with Gasteiger partial charge in [-0.15, -0.1) is 0 Å². The monoisotopic (exact) mass is 273 g/mol. The summed E-state index contributed by atoms with van der Waals surface area (Å²) in [5, 5.41) is 0. The van der Waals surface area contributed by atoms with Crippen LogP contribution in [0.5, 0.6) is 0 Å². The van der Waals surface area contributed by atoms with Crippen molar-refractivity contribution < 1.29 is 4.79 Å². The normalized spacial score (nSPS) is 29.4. The van der Waals surface area contributed by atoms with E-state index in [1.807, 2.05) is 30.9 Å². The summed E-state index contributed by atoms with van der Waals surface area (Å²) in [5.74, 6) is 1.21. The molecule has 3 atom stereocenters. The van der Waals surface area contributed by atoms with E-state index in [2.05, 4.69) is 4.98 Å². The highest BCUT2D eigenvalue weighted by atomic mass is 16.2. The first kappa shape index (κ1) is 13.6. The molecule has 2 N–H and O–H groups in total. The van der Waals surface area contributed by atoms with Crippen LogP contribution < -0.4 is 5.73 Å². The lowest BCUT2D eigenvalue weighted by atomic mass is 9.78. The Kier molecular flexibility index (Phi) is 3.50. The fourth-order valence-corrected chi connectivity index (χ4v) is 3.77. The van der Waals surface area contributed by atoms with Gasteiger partial charge in [-0.2, -0.15) is 0 Å². The molecule has 108 valence electrons. The molecule has 4 heteroatoms. The van der Waals surface area contributed by atoms with Crippen LogP contribution in [0.3, 0.4) is 0 Å². The van der Waals surface area contributed by atoms with Gasteiger partial charge in [0, 0.05) is 24.8 Å². The number of rotatable bonds is 1. The molecule has 0 spiro atoms. The summed E-state index contributed by atoms with van der Waals surface area (Å²) in [7, 11) is 0. The molecule has 2 heterocycles. The number of pyridine rings is 1. The third kappa shape index (κ3) is 2.33. The van der Waals surface area contributed by atoms with Gasteiger partial charge in [0.2, 0.25) is 0 Å². The second-order valence-corrected chi connectivity index (χ2v) is 6.31. The molecular formula is C16H23N3O. The van der Waals surface area contributed by atoms with Gasteiger partial charge in [0.05, 0.1) is 11.3 Å². The molecule has 0 aromatic carbocycles. The van der Waals surface area contributed by atoms with Gasteiger partial charge < -0.3 is 10.6 Å².